The average Bonchev–Trinajstić information content (AvgIpc) is 2.72. The van der Waals surface area contributed by atoms with Gasteiger partial charge < -0.3 is 9.30 Å². The van der Waals surface area contributed by atoms with E-state index in [-0.39, 0.29) is 12.5 Å². The zero-order chi connectivity index (χ0) is 14.7. The molecule has 2 aromatic rings. The summed E-state index contributed by atoms with van der Waals surface area (Å²) in [6.45, 7) is -0.0847. The molecule has 0 N–H and O–H groups in total. The predicted octanol–water partition coefficient (Wildman–Crippen LogP) is 4.36. The third-order valence-electron chi connectivity index (χ3n) is 2.69. The van der Waals surface area contributed by atoms with Crippen molar-refractivity contribution < 1.29 is 13.5 Å². The van der Waals surface area contributed by atoms with E-state index >= 15 is 0 Å². The number of hydrogen-bond acceptors (Lipinski definition) is 2. The van der Waals surface area contributed by atoms with Crippen LogP contribution in [0.15, 0.2) is 12.1 Å². The highest BCUT2D eigenvalue weighted by Crippen LogP contribution is 2.28. The van der Waals surface area contributed by atoms with Gasteiger partial charge in [-0.25, -0.2) is 13.8 Å². The van der Waals surface area contributed by atoms with Gasteiger partial charge in [0.25, 0.3) is 6.43 Å². The molecule has 110 valence electrons. The summed E-state index contributed by atoms with van der Waals surface area (Å²) < 4.78 is 30.7. The summed E-state index contributed by atoms with van der Waals surface area (Å²) in [5, 5.41) is 0.800. The van der Waals surface area contributed by atoms with Crippen LogP contribution in [0, 0.1) is 0 Å². The fourth-order valence-electron chi connectivity index (χ4n) is 1.85. The number of alkyl halides is 3. The smallest absolute Gasteiger partial charge is 0.261 e. The second kappa shape index (κ2) is 6.89. The molecule has 0 saturated heterocycles. The van der Waals surface area contributed by atoms with E-state index in [2.05, 4.69) is 4.98 Å². The van der Waals surface area contributed by atoms with Gasteiger partial charge in [0.2, 0.25) is 0 Å². The lowest BCUT2D eigenvalue weighted by Gasteiger charge is -2.08. The zero-order valence-corrected chi connectivity index (χ0v) is 12.5. The maximum atomic E-state index is 12.0. The van der Waals surface area contributed by atoms with E-state index in [1.807, 2.05) is 0 Å². The number of aromatic nitrogens is 2. The minimum Gasteiger partial charge on any atom is -0.374 e. The lowest BCUT2D eigenvalue weighted by molar-refractivity contribution is 0.0149. The topological polar surface area (TPSA) is 27.1 Å². The Morgan fingerprint density at radius 1 is 1.25 bits per heavy atom. The van der Waals surface area contributed by atoms with Gasteiger partial charge in [-0.3, -0.25) is 0 Å². The van der Waals surface area contributed by atoms with Gasteiger partial charge in [-0.05, 0) is 12.1 Å². The van der Waals surface area contributed by atoms with Gasteiger partial charge in [-0.1, -0.05) is 23.2 Å². The van der Waals surface area contributed by atoms with E-state index < -0.39 is 13.0 Å². The van der Waals surface area contributed by atoms with Crippen LogP contribution in [0.25, 0.3) is 11.0 Å². The van der Waals surface area contributed by atoms with Gasteiger partial charge in [0.15, 0.2) is 0 Å². The summed E-state index contributed by atoms with van der Waals surface area (Å²) in [7, 11) is 0. The molecule has 0 amide bonds. The van der Waals surface area contributed by atoms with Crippen LogP contribution in [0.2, 0.25) is 10.0 Å². The molecule has 0 spiro atoms. The monoisotopic (exact) mass is 342 g/mol. The molecule has 0 radical (unpaired) electrons. The Morgan fingerprint density at radius 3 is 2.60 bits per heavy atom. The molecule has 0 aliphatic carbocycles. The van der Waals surface area contributed by atoms with Crippen molar-refractivity contribution in [2.75, 3.05) is 13.2 Å². The Kier molecular flexibility index (Phi) is 5.43. The number of rotatable bonds is 6. The Morgan fingerprint density at radius 2 is 1.95 bits per heavy atom. The van der Waals surface area contributed by atoms with E-state index in [1.54, 1.807) is 16.7 Å². The fraction of sp³-hybridized carbons (Fsp3) is 0.417. The lowest BCUT2D eigenvalue weighted by Crippen LogP contribution is -2.12. The van der Waals surface area contributed by atoms with Crippen LogP contribution in [0.5, 0.6) is 0 Å². The third kappa shape index (κ3) is 3.52. The van der Waals surface area contributed by atoms with Crippen molar-refractivity contribution in [3.8, 4) is 0 Å². The summed E-state index contributed by atoms with van der Waals surface area (Å²) in [6, 6.07) is 3.32. The van der Waals surface area contributed by atoms with Gasteiger partial charge in [0.1, 0.15) is 12.4 Å². The summed E-state index contributed by atoms with van der Waals surface area (Å²) in [5.41, 5.74) is 1.40. The zero-order valence-electron chi connectivity index (χ0n) is 10.3. The predicted molar refractivity (Wildman–Crippen MR) is 76.1 cm³/mol. The first-order valence-electron chi connectivity index (χ1n) is 5.79. The first kappa shape index (κ1) is 15.8. The van der Waals surface area contributed by atoms with Crippen LogP contribution in [0.4, 0.5) is 8.78 Å². The van der Waals surface area contributed by atoms with Crippen LogP contribution < -0.4 is 0 Å². The normalized spacial score (nSPS) is 11.7. The molecule has 1 heterocycles. The van der Waals surface area contributed by atoms with Crippen LogP contribution in [0.1, 0.15) is 5.82 Å². The van der Waals surface area contributed by atoms with Crippen molar-refractivity contribution in [1.82, 2.24) is 9.55 Å². The number of hydrogen-bond donors (Lipinski definition) is 0. The molecule has 20 heavy (non-hydrogen) atoms. The first-order valence-corrected chi connectivity index (χ1v) is 7.08. The van der Waals surface area contributed by atoms with Crippen molar-refractivity contribution in [1.29, 1.82) is 0 Å². The minimum absolute atomic E-state index is 0.139. The number of nitrogens with zero attached hydrogens (tertiary/aromatic N) is 2. The van der Waals surface area contributed by atoms with Gasteiger partial charge in [0, 0.05) is 6.54 Å². The van der Waals surface area contributed by atoms with Gasteiger partial charge in [0.05, 0.1) is 33.6 Å². The Bertz CT molecular complexity index is 604. The van der Waals surface area contributed by atoms with E-state index in [9.17, 15) is 8.78 Å². The molecule has 0 aliphatic heterocycles. The largest absolute Gasteiger partial charge is 0.374 e. The molecule has 1 aromatic carbocycles. The average molecular weight is 344 g/mol. The molecule has 0 aliphatic rings. The molecule has 0 saturated carbocycles. The molecular weight excluding hydrogens is 333 g/mol. The van der Waals surface area contributed by atoms with Crippen LogP contribution in [-0.2, 0) is 17.2 Å². The Hall–Kier alpha value is -0.620. The van der Waals surface area contributed by atoms with Crippen LogP contribution >= 0.6 is 34.8 Å². The van der Waals surface area contributed by atoms with Crippen molar-refractivity contribution in [2.24, 2.45) is 0 Å². The first-order chi connectivity index (χ1) is 9.52. The minimum atomic E-state index is -2.48. The molecule has 0 atom stereocenters. The molecule has 3 nitrogen and oxygen atoms in total. The van der Waals surface area contributed by atoms with Crippen molar-refractivity contribution in [2.45, 2.75) is 18.9 Å². The second-order valence-corrected chi connectivity index (χ2v) is 5.12. The molecule has 2 rings (SSSR count). The molecule has 0 bridgehead atoms. The summed E-state index contributed by atoms with van der Waals surface area (Å²) in [6.07, 6.45) is -2.48. The highest BCUT2D eigenvalue weighted by atomic mass is 35.5. The molecule has 0 fully saturated rings. The van der Waals surface area contributed by atoms with E-state index in [4.69, 9.17) is 39.5 Å². The summed E-state index contributed by atoms with van der Waals surface area (Å²) >= 11 is 17.7. The quantitative estimate of drug-likeness (QED) is 0.575. The number of ether oxygens (including phenoxy) is 1. The molecule has 8 heteroatoms. The van der Waals surface area contributed by atoms with Gasteiger partial charge in [-0.15, -0.1) is 11.6 Å². The summed E-state index contributed by atoms with van der Waals surface area (Å²) in [4.78, 5) is 4.33. The van der Waals surface area contributed by atoms with Gasteiger partial charge in [-0.2, -0.15) is 0 Å². The molecule has 0 unspecified atom stereocenters. The third-order valence-corrected chi connectivity index (χ3v) is 3.65. The summed E-state index contributed by atoms with van der Waals surface area (Å²) in [5.74, 6) is 0.805. The van der Waals surface area contributed by atoms with E-state index in [0.29, 0.717) is 27.9 Å². The SMILES string of the molecule is FC(F)COCCn1c(CCl)nc2cc(Cl)c(Cl)cc21. The van der Waals surface area contributed by atoms with Crippen molar-refractivity contribution in [3.05, 3.63) is 28.0 Å². The number of fused-ring (bicyclic) bond motifs is 1. The van der Waals surface area contributed by atoms with Crippen molar-refractivity contribution in [3.63, 3.8) is 0 Å². The maximum absolute atomic E-state index is 12.0. The number of benzene rings is 1. The standard InChI is InChI=1S/C12H11Cl3F2N2O/c13-5-12-18-9-3-7(14)8(15)4-10(9)19(12)1-2-20-6-11(16)17/h3-4,11H,1-2,5-6H2. The van der Waals surface area contributed by atoms with Crippen LogP contribution in [-0.4, -0.2) is 29.2 Å². The Balaban J connectivity index is 2.23. The number of halogens is 5. The lowest BCUT2D eigenvalue weighted by atomic mass is 10.3. The van der Waals surface area contributed by atoms with Gasteiger partial charge >= 0.3 is 0 Å². The molecular formula is C12H11Cl3F2N2O. The Labute approximate surface area is 129 Å². The number of imidazole rings is 1. The highest BCUT2D eigenvalue weighted by Gasteiger charge is 2.12. The van der Waals surface area contributed by atoms with E-state index in [0.717, 1.165) is 5.52 Å². The fourth-order valence-corrected chi connectivity index (χ4v) is 2.37. The highest BCUT2D eigenvalue weighted by molar-refractivity contribution is 6.42. The second-order valence-electron chi connectivity index (χ2n) is 4.03. The van der Waals surface area contributed by atoms with Crippen LogP contribution in [0.3, 0.4) is 0 Å². The van der Waals surface area contributed by atoms with E-state index in [1.165, 1.54) is 0 Å². The maximum Gasteiger partial charge on any atom is 0.261 e. The molecule has 1 aromatic heterocycles. The van der Waals surface area contributed by atoms with Crippen molar-refractivity contribution >= 4 is 45.8 Å².